The van der Waals surface area contributed by atoms with E-state index in [1.807, 2.05) is 13.0 Å². The number of hydrogen-bond acceptors (Lipinski definition) is 4. The van der Waals surface area contributed by atoms with Gasteiger partial charge in [-0.3, -0.25) is 0 Å². The van der Waals surface area contributed by atoms with E-state index in [1.54, 1.807) is 11.3 Å². The summed E-state index contributed by atoms with van der Waals surface area (Å²) in [5.41, 5.74) is 3.54. The molecule has 1 aromatic carbocycles. The topological polar surface area (TPSA) is 34.2 Å². The van der Waals surface area contributed by atoms with Crippen molar-refractivity contribution in [3.63, 3.8) is 0 Å². The van der Waals surface area contributed by atoms with Crippen molar-refractivity contribution in [3.05, 3.63) is 39.8 Å². The summed E-state index contributed by atoms with van der Waals surface area (Å²) in [7, 11) is 0. The van der Waals surface area contributed by atoms with Crippen molar-refractivity contribution < 1.29 is 4.74 Å². The Morgan fingerprint density at radius 3 is 3.11 bits per heavy atom. The number of nitrogens with one attached hydrogen (secondary N) is 1. The standard InChI is InChI=1S/C14H16N2OS/c1-9(13-8-18-10(2)16-13)15-12-3-4-14-11(7-12)5-6-17-14/h3-4,7-9,15H,5-6H2,1-2H3. The molecule has 18 heavy (non-hydrogen) atoms. The summed E-state index contributed by atoms with van der Waals surface area (Å²) in [4.78, 5) is 4.51. The van der Waals surface area contributed by atoms with Gasteiger partial charge in [0.05, 0.1) is 23.4 Å². The van der Waals surface area contributed by atoms with E-state index in [2.05, 4.69) is 34.7 Å². The minimum absolute atomic E-state index is 0.232. The summed E-state index contributed by atoms with van der Waals surface area (Å²) in [6, 6.07) is 6.53. The molecule has 1 aromatic heterocycles. The predicted molar refractivity (Wildman–Crippen MR) is 74.5 cm³/mol. The van der Waals surface area contributed by atoms with Crippen molar-refractivity contribution in [2.75, 3.05) is 11.9 Å². The lowest BCUT2D eigenvalue weighted by atomic mass is 10.1. The number of aryl methyl sites for hydroxylation is 1. The number of aromatic nitrogens is 1. The van der Waals surface area contributed by atoms with Crippen LogP contribution in [0.1, 0.15) is 29.2 Å². The van der Waals surface area contributed by atoms with Gasteiger partial charge in [-0.15, -0.1) is 11.3 Å². The summed E-state index contributed by atoms with van der Waals surface area (Å²) < 4.78 is 5.51. The van der Waals surface area contributed by atoms with E-state index < -0.39 is 0 Å². The third kappa shape index (κ3) is 2.20. The van der Waals surface area contributed by atoms with E-state index in [4.69, 9.17) is 4.74 Å². The van der Waals surface area contributed by atoms with Gasteiger partial charge in [-0.25, -0.2) is 4.98 Å². The van der Waals surface area contributed by atoms with Crippen LogP contribution < -0.4 is 10.1 Å². The van der Waals surface area contributed by atoms with Crippen molar-refractivity contribution in [2.24, 2.45) is 0 Å². The van der Waals surface area contributed by atoms with Crippen LogP contribution in [0.15, 0.2) is 23.6 Å². The molecule has 0 spiro atoms. The van der Waals surface area contributed by atoms with Gasteiger partial charge in [-0.1, -0.05) is 0 Å². The zero-order valence-corrected chi connectivity index (χ0v) is 11.4. The van der Waals surface area contributed by atoms with E-state index in [0.29, 0.717) is 0 Å². The molecule has 0 fully saturated rings. The molecule has 2 aromatic rings. The summed E-state index contributed by atoms with van der Waals surface area (Å²) >= 11 is 1.69. The largest absolute Gasteiger partial charge is 0.493 e. The van der Waals surface area contributed by atoms with Gasteiger partial charge in [0.25, 0.3) is 0 Å². The molecule has 1 atom stereocenters. The average molecular weight is 260 g/mol. The molecule has 4 heteroatoms. The molecule has 1 N–H and O–H groups in total. The summed E-state index contributed by atoms with van der Waals surface area (Å²) in [5.74, 6) is 1.03. The zero-order valence-electron chi connectivity index (χ0n) is 10.6. The lowest BCUT2D eigenvalue weighted by Gasteiger charge is -2.13. The van der Waals surface area contributed by atoms with Gasteiger partial charge in [0.1, 0.15) is 5.75 Å². The third-order valence-electron chi connectivity index (χ3n) is 3.15. The Morgan fingerprint density at radius 1 is 1.44 bits per heavy atom. The van der Waals surface area contributed by atoms with Crippen LogP contribution in [0.25, 0.3) is 0 Å². The molecule has 1 aliphatic rings. The molecule has 0 bridgehead atoms. The summed E-state index contributed by atoms with van der Waals surface area (Å²) in [6.07, 6.45) is 1.01. The van der Waals surface area contributed by atoms with Gasteiger partial charge >= 0.3 is 0 Å². The van der Waals surface area contributed by atoms with E-state index in [-0.39, 0.29) is 6.04 Å². The Labute approximate surface area is 111 Å². The molecule has 1 aliphatic heterocycles. The maximum absolute atomic E-state index is 5.51. The zero-order chi connectivity index (χ0) is 12.5. The quantitative estimate of drug-likeness (QED) is 0.916. The average Bonchev–Trinajstić information content (AvgIpc) is 2.96. The summed E-state index contributed by atoms with van der Waals surface area (Å²) in [6.45, 7) is 4.98. The van der Waals surface area contributed by atoms with Crippen LogP contribution in [0, 0.1) is 6.92 Å². The lowest BCUT2D eigenvalue weighted by Crippen LogP contribution is -2.07. The SMILES string of the molecule is Cc1nc(C(C)Nc2ccc3c(c2)CCO3)cs1. The maximum atomic E-state index is 5.51. The fraction of sp³-hybridized carbons (Fsp3) is 0.357. The third-order valence-corrected chi connectivity index (χ3v) is 3.94. The first-order valence-corrected chi connectivity index (χ1v) is 7.04. The van der Waals surface area contributed by atoms with Crippen molar-refractivity contribution in [3.8, 4) is 5.75 Å². The number of thiazole rings is 1. The highest BCUT2D eigenvalue weighted by Crippen LogP contribution is 2.29. The van der Waals surface area contributed by atoms with Crippen molar-refractivity contribution in [1.82, 2.24) is 4.98 Å². The molecule has 0 aliphatic carbocycles. The number of nitrogens with zero attached hydrogens (tertiary/aromatic N) is 1. The Kier molecular flexibility index (Phi) is 2.96. The fourth-order valence-corrected chi connectivity index (χ4v) is 2.89. The molecule has 0 amide bonds. The molecule has 94 valence electrons. The molecular weight excluding hydrogens is 244 g/mol. The van der Waals surface area contributed by atoms with Crippen molar-refractivity contribution in [1.29, 1.82) is 0 Å². The predicted octanol–water partition coefficient (Wildman–Crippen LogP) is 3.56. The summed E-state index contributed by atoms with van der Waals surface area (Å²) in [5, 5.41) is 6.72. The van der Waals surface area contributed by atoms with Gasteiger partial charge in [-0.05, 0) is 37.6 Å². The lowest BCUT2D eigenvalue weighted by molar-refractivity contribution is 0.357. The molecule has 0 saturated heterocycles. The maximum Gasteiger partial charge on any atom is 0.122 e. The normalized spacial score (nSPS) is 15.0. The van der Waals surface area contributed by atoms with Gasteiger partial charge in [0.15, 0.2) is 0 Å². The minimum Gasteiger partial charge on any atom is -0.493 e. The highest BCUT2D eigenvalue weighted by atomic mass is 32.1. The minimum atomic E-state index is 0.232. The fourth-order valence-electron chi connectivity index (χ4n) is 2.18. The Morgan fingerprint density at radius 2 is 2.33 bits per heavy atom. The van der Waals surface area contributed by atoms with Gasteiger partial charge in [0, 0.05) is 17.5 Å². The number of fused-ring (bicyclic) bond motifs is 1. The van der Waals surface area contributed by atoms with Gasteiger partial charge in [0.2, 0.25) is 0 Å². The Hall–Kier alpha value is -1.55. The van der Waals surface area contributed by atoms with Crippen LogP contribution in [-0.4, -0.2) is 11.6 Å². The smallest absolute Gasteiger partial charge is 0.122 e. The van der Waals surface area contributed by atoms with Crippen molar-refractivity contribution >= 4 is 17.0 Å². The van der Waals surface area contributed by atoms with E-state index in [9.17, 15) is 0 Å². The van der Waals surface area contributed by atoms with Crippen LogP contribution >= 0.6 is 11.3 Å². The molecule has 1 unspecified atom stereocenters. The van der Waals surface area contributed by atoms with E-state index in [0.717, 1.165) is 35.2 Å². The number of ether oxygens (including phenoxy) is 1. The Balaban J connectivity index is 1.76. The number of rotatable bonds is 3. The number of hydrogen-bond donors (Lipinski definition) is 1. The molecule has 0 saturated carbocycles. The molecular formula is C14H16N2OS. The molecule has 3 nitrogen and oxygen atoms in total. The molecule has 0 radical (unpaired) electrons. The Bertz CT molecular complexity index is 565. The monoisotopic (exact) mass is 260 g/mol. The first-order chi connectivity index (χ1) is 8.72. The molecule has 3 rings (SSSR count). The van der Waals surface area contributed by atoms with Crippen LogP contribution in [0.3, 0.4) is 0 Å². The van der Waals surface area contributed by atoms with Crippen molar-refractivity contribution in [2.45, 2.75) is 26.3 Å². The number of benzene rings is 1. The highest BCUT2D eigenvalue weighted by Gasteiger charge is 2.14. The second kappa shape index (κ2) is 4.61. The van der Waals surface area contributed by atoms with Crippen LogP contribution in [0.5, 0.6) is 5.75 Å². The molecule has 2 heterocycles. The second-order valence-corrected chi connectivity index (χ2v) is 5.64. The first-order valence-electron chi connectivity index (χ1n) is 6.16. The highest BCUT2D eigenvalue weighted by molar-refractivity contribution is 7.09. The van der Waals surface area contributed by atoms with Gasteiger partial charge < -0.3 is 10.1 Å². The van der Waals surface area contributed by atoms with Crippen LogP contribution in [0.4, 0.5) is 5.69 Å². The van der Waals surface area contributed by atoms with Gasteiger partial charge in [-0.2, -0.15) is 0 Å². The van der Waals surface area contributed by atoms with Crippen LogP contribution in [-0.2, 0) is 6.42 Å². The second-order valence-electron chi connectivity index (χ2n) is 4.58. The number of anilines is 1. The van der Waals surface area contributed by atoms with E-state index in [1.165, 1.54) is 5.56 Å². The van der Waals surface area contributed by atoms with Crippen LogP contribution in [0.2, 0.25) is 0 Å². The first kappa shape index (κ1) is 11.5. The van der Waals surface area contributed by atoms with E-state index >= 15 is 0 Å².